The van der Waals surface area contributed by atoms with E-state index in [1.165, 1.54) is 24.4 Å². The number of fused-ring (bicyclic) bond motifs is 1. The molecule has 8 heteroatoms. The number of aliphatic imine (C=N–C) groups is 1. The molecule has 2 heterocycles. The smallest absolute Gasteiger partial charge is 0.406 e. The number of hydrogen-bond donors (Lipinski definition) is 0. The maximum absolute atomic E-state index is 13.3. The fourth-order valence-electron chi connectivity index (χ4n) is 3.87. The quantitative estimate of drug-likeness (QED) is 0.495. The number of halogens is 4. The standard InChI is InChI=1S/C21H18F4N2O2/c22-15-6-4-12(5-7-15)20(28)14-9-18-19(27-10-14)17(11-26-18)13-2-1-3-16(8-13)29-21(23,24)25/h1-3,8-12,15,17H,4-7H2. The number of nitrogens with zero attached hydrogens (tertiary/aromatic N) is 2. The maximum atomic E-state index is 13.3. The molecule has 4 rings (SSSR count). The van der Waals surface area contributed by atoms with E-state index in [0.717, 1.165) is 0 Å². The van der Waals surface area contributed by atoms with Gasteiger partial charge in [0.25, 0.3) is 0 Å². The highest BCUT2D eigenvalue weighted by molar-refractivity contribution is 5.99. The van der Waals surface area contributed by atoms with Crippen molar-refractivity contribution in [3.63, 3.8) is 0 Å². The van der Waals surface area contributed by atoms with Gasteiger partial charge in [-0.05, 0) is 49.4 Å². The molecule has 1 aliphatic heterocycles. The number of alkyl halides is 4. The summed E-state index contributed by atoms with van der Waals surface area (Å²) >= 11 is 0. The van der Waals surface area contributed by atoms with Crippen molar-refractivity contribution in [1.82, 2.24) is 4.98 Å². The van der Waals surface area contributed by atoms with E-state index in [0.29, 0.717) is 48.2 Å². The summed E-state index contributed by atoms with van der Waals surface area (Å²) in [4.78, 5) is 21.4. The number of benzene rings is 1. The van der Waals surface area contributed by atoms with Crippen molar-refractivity contribution < 1.29 is 27.1 Å². The van der Waals surface area contributed by atoms with Crippen LogP contribution >= 0.6 is 0 Å². The van der Waals surface area contributed by atoms with Crippen LogP contribution in [-0.2, 0) is 0 Å². The fraction of sp³-hybridized carbons (Fsp3) is 0.381. The van der Waals surface area contributed by atoms with Crippen LogP contribution in [-0.4, -0.2) is 29.5 Å². The van der Waals surface area contributed by atoms with Gasteiger partial charge in [-0.2, -0.15) is 0 Å². The summed E-state index contributed by atoms with van der Waals surface area (Å²) < 4.78 is 54.7. The minimum Gasteiger partial charge on any atom is -0.406 e. The molecule has 0 N–H and O–H groups in total. The van der Waals surface area contributed by atoms with Crippen molar-refractivity contribution in [2.75, 3.05) is 0 Å². The average Bonchev–Trinajstić information content (AvgIpc) is 3.10. The van der Waals surface area contributed by atoms with E-state index >= 15 is 0 Å². The molecule has 0 bridgehead atoms. The predicted molar refractivity (Wildman–Crippen MR) is 98.5 cm³/mol. The zero-order chi connectivity index (χ0) is 20.6. The first-order valence-electron chi connectivity index (χ1n) is 9.38. The Morgan fingerprint density at radius 1 is 1.10 bits per heavy atom. The van der Waals surface area contributed by atoms with Gasteiger partial charge in [0.05, 0.1) is 17.3 Å². The van der Waals surface area contributed by atoms with E-state index in [2.05, 4.69) is 14.7 Å². The van der Waals surface area contributed by atoms with Gasteiger partial charge in [-0.15, -0.1) is 13.2 Å². The van der Waals surface area contributed by atoms with Crippen LogP contribution in [0.3, 0.4) is 0 Å². The summed E-state index contributed by atoms with van der Waals surface area (Å²) in [5.41, 5.74) is 2.07. The second-order valence-electron chi connectivity index (χ2n) is 7.32. The van der Waals surface area contributed by atoms with Gasteiger partial charge in [-0.25, -0.2) is 4.39 Å². The van der Waals surface area contributed by atoms with Gasteiger partial charge in [-0.3, -0.25) is 14.8 Å². The van der Waals surface area contributed by atoms with Gasteiger partial charge in [-0.1, -0.05) is 12.1 Å². The first kappa shape index (κ1) is 19.5. The number of ether oxygens (including phenoxy) is 1. The van der Waals surface area contributed by atoms with Crippen molar-refractivity contribution in [2.24, 2.45) is 10.9 Å². The van der Waals surface area contributed by atoms with Crippen LogP contribution in [0, 0.1) is 5.92 Å². The highest BCUT2D eigenvalue weighted by Crippen LogP contribution is 2.38. The van der Waals surface area contributed by atoms with Crippen LogP contribution in [0.15, 0.2) is 41.5 Å². The van der Waals surface area contributed by atoms with Crippen molar-refractivity contribution in [2.45, 2.75) is 44.1 Å². The third-order valence-corrected chi connectivity index (χ3v) is 5.32. The van der Waals surface area contributed by atoms with Crippen LogP contribution < -0.4 is 4.74 Å². The lowest BCUT2D eigenvalue weighted by Crippen LogP contribution is -2.22. The molecule has 2 aliphatic rings. The molecular formula is C21H18F4N2O2. The van der Waals surface area contributed by atoms with E-state index in [4.69, 9.17) is 0 Å². The molecule has 0 spiro atoms. The Kier molecular flexibility index (Phi) is 5.10. The van der Waals surface area contributed by atoms with E-state index < -0.39 is 18.5 Å². The first-order valence-corrected chi connectivity index (χ1v) is 9.38. The molecular weight excluding hydrogens is 388 g/mol. The summed E-state index contributed by atoms with van der Waals surface area (Å²) in [5.74, 6) is -1.01. The number of pyridine rings is 1. The topological polar surface area (TPSA) is 51.5 Å². The molecule has 1 aromatic heterocycles. The zero-order valence-electron chi connectivity index (χ0n) is 15.3. The molecule has 0 radical (unpaired) electrons. The van der Waals surface area contributed by atoms with E-state index in [1.54, 1.807) is 18.3 Å². The largest absolute Gasteiger partial charge is 0.573 e. The molecule has 2 aromatic rings. The van der Waals surface area contributed by atoms with E-state index in [9.17, 15) is 22.4 Å². The molecule has 1 unspecified atom stereocenters. The average molecular weight is 406 g/mol. The molecule has 1 aliphatic carbocycles. The molecule has 29 heavy (non-hydrogen) atoms. The predicted octanol–water partition coefficient (Wildman–Crippen LogP) is 5.54. The van der Waals surface area contributed by atoms with Crippen LogP contribution in [0.2, 0.25) is 0 Å². The Labute approximate surface area is 164 Å². The molecule has 0 saturated heterocycles. The Morgan fingerprint density at radius 2 is 1.86 bits per heavy atom. The number of aromatic nitrogens is 1. The number of carbonyl (C=O) groups excluding carboxylic acids is 1. The second-order valence-corrected chi connectivity index (χ2v) is 7.32. The normalized spacial score (nSPS) is 23.7. The van der Waals surface area contributed by atoms with Gasteiger partial charge in [0.1, 0.15) is 11.9 Å². The van der Waals surface area contributed by atoms with Crippen LogP contribution in [0.4, 0.5) is 23.2 Å². The van der Waals surface area contributed by atoms with Gasteiger partial charge >= 0.3 is 6.36 Å². The van der Waals surface area contributed by atoms with Gasteiger partial charge in [0, 0.05) is 23.9 Å². The number of rotatable bonds is 4. The van der Waals surface area contributed by atoms with Crippen LogP contribution in [0.1, 0.15) is 53.2 Å². The van der Waals surface area contributed by atoms with Crippen LogP contribution in [0.25, 0.3) is 0 Å². The second kappa shape index (κ2) is 7.57. The lowest BCUT2D eigenvalue weighted by molar-refractivity contribution is -0.274. The Hall–Kier alpha value is -2.77. The molecule has 4 nitrogen and oxygen atoms in total. The molecule has 1 atom stereocenters. The Balaban J connectivity index is 1.54. The SMILES string of the molecule is O=C(c1cnc2c(c1)N=CC2c1cccc(OC(F)(F)F)c1)C1CCC(F)CC1. The highest BCUT2D eigenvalue weighted by atomic mass is 19.4. The summed E-state index contributed by atoms with van der Waals surface area (Å²) in [6, 6.07) is 7.33. The summed E-state index contributed by atoms with van der Waals surface area (Å²) in [7, 11) is 0. The maximum Gasteiger partial charge on any atom is 0.573 e. The van der Waals surface area contributed by atoms with E-state index in [-0.39, 0.29) is 17.5 Å². The number of hydrogen-bond acceptors (Lipinski definition) is 4. The molecule has 152 valence electrons. The third kappa shape index (κ3) is 4.31. The van der Waals surface area contributed by atoms with Gasteiger partial charge in [0.2, 0.25) is 0 Å². The summed E-state index contributed by atoms with van der Waals surface area (Å²) in [5, 5.41) is 0. The van der Waals surface area contributed by atoms with Crippen molar-refractivity contribution in [3.05, 3.63) is 53.3 Å². The van der Waals surface area contributed by atoms with Gasteiger partial charge < -0.3 is 4.74 Å². The van der Waals surface area contributed by atoms with E-state index in [1.807, 2.05) is 0 Å². The van der Waals surface area contributed by atoms with Crippen LogP contribution in [0.5, 0.6) is 5.75 Å². The summed E-state index contributed by atoms with van der Waals surface area (Å²) in [6.07, 6.45) is -0.706. The number of ketones is 1. The van der Waals surface area contributed by atoms with Gasteiger partial charge in [0.15, 0.2) is 5.78 Å². The fourth-order valence-corrected chi connectivity index (χ4v) is 3.87. The Morgan fingerprint density at radius 3 is 2.59 bits per heavy atom. The number of carbonyl (C=O) groups is 1. The molecule has 1 aromatic carbocycles. The molecule has 0 amide bonds. The minimum atomic E-state index is -4.77. The Bertz CT molecular complexity index is 950. The molecule has 1 fully saturated rings. The van der Waals surface area contributed by atoms with Crippen molar-refractivity contribution in [1.29, 1.82) is 0 Å². The first-order chi connectivity index (χ1) is 13.8. The lowest BCUT2D eigenvalue weighted by Gasteiger charge is -2.23. The zero-order valence-corrected chi connectivity index (χ0v) is 15.3. The summed E-state index contributed by atoms with van der Waals surface area (Å²) in [6.45, 7) is 0. The minimum absolute atomic E-state index is 0.0635. The van der Waals surface area contributed by atoms with Crippen molar-refractivity contribution in [3.8, 4) is 5.75 Å². The van der Waals surface area contributed by atoms with Crippen molar-refractivity contribution >= 4 is 17.7 Å². The lowest BCUT2D eigenvalue weighted by atomic mass is 9.83. The molecule has 1 saturated carbocycles. The number of Topliss-reactive ketones (excluding diaryl/α,β-unsaturated/α-hetero) is 1. The monoisotopic (exact) mass is 406 g/mol. The highest BCUT2D eigenvalue weighted by Gasteiger charge is 2.32. The third-order valence-electron chi connectivity index (χ3n) is 5.32.